The first-order chi connectivity index (χ1) is 21.2. The van der Waals surface area contributed by atoms with Crippen LogP contribution in [-0.2, 0) is 14.2 Å². The third-order valence-corrected chi connectivity index (χ3v) is 4.94. The van der Waals surface area contributed by atoms with E-state index >= 15 is 0 Å². The molecule has 0 atom stereocenters. The molecule has 16 nitrogen and oxygen atoms in total. The lowest BCUT2D eigenvalue weighted by Crippen LogP contribution is -2.07. The first-order valence-corrected chi connectivity index (χ1v) is 13.4. The van der Waals surface area contributed by atoms with Gasteiger partial charge in [-0.15, -0.1) is 0 Å². The maximum absolute atomic E-state index is 12.3. The molecule has 0 spiro atoms. The number of nitrogens with zero attached hydrogens (tertiary/aromatic N) is 5. The Kier molecular flexibility index (Phi) is 23.4. The molecular formula is C27H42FN9O7. The second-order valence-corrected chi connectivity index (χ2v) is 8.32. The fourth-order valence-corrected chi connectivity index (χ4v) is 2.87. The summed E-state index contributed by atoms with van der Waals surface area (Å²) < 4.78 is 26.8. The molecule has 0 aliphatic carbocycles. The van der Waals surface area contributed by atoms with Crippen molar-refractivity contribution in [3.63, 3.8) is 0 Å². The van der Waals surface area contributed by atoms with E-state index in [9.17, 15) is 24.6 Å². The topological polar surface area (TPSA) is 229 Å². The Morgan fingerprint density at radius 3 is 1.64 bits per heavy atom. The number of pyridine rings is 3. The molecule has 3 aromatic heterocycles. The Morgan fingerprint density at radius 1 is 0.750 bits per heavy atom. The molecule has 0 amide bonds. The second-order valence-electron chi connectivity index (χ2n) is 8.32. The van der Waals surface area contributed by atoms with E-state index in [1.807, 2.05) is 12.1 Å². The standard InChI is InChI=1S/C9H13N3O3.C9H15N3O.C5H3FN2O2.C4H11NO/c1-15-7-3-6-10-8-4-2-5-11-9(8)12(13)14;1-13-7-3-6-11-8-4-2-5-12-9(8)10;6-4-2-1-3-7-5(4)8(9)10;1-6-4-2-3-5/h2,4-5,10H,3,6-7H2,1H3;2,4-5,11H,3,6-7H2,1H3,(H2,10,12);1-3H;2-5H2,1H3. The summed E-state index contributed by atoms with van der Waals surface area (Å²) in [6, 6.07) is 9.35. The fourth-order valence-electron chi connectivity index (χ4n) is 2.87. The number of hydrogen-bond donors (Lipinski definition) is 4. The Balaban J connectivity index is 0.000000586. The van der Waals surface area contributed by atoms with Crippen LogP contribution in [0.2, 0.25) is 0 Å². The van der Waals surface area contributed by atoms with E-state index in [4.69, 9.17) is 25.7 Å². The van der Waals surface area contributed by atoms with Crippen molar-refractivity contribution in [1.82, 2.24) is 15.0 Å². The number of nitrogens with one attached hydrogen (secondary N) is 2. The zero-order valence-electron chi connectivity index (χ0n) is 25.2. The number of anilines is 3. The van der Waals surface area contributed by atoms with Crippen LogP contribution >= 0.6 is 0 Å². The Hall–Kier alpha value is -4.58. The number of hydrogen-bond acceptors (Lipinski definition) is 14. The van der Waals surface area contributed by atoms with Crippen LogP contribution in [0, 0.1) is 26.0 Å². The number of aromatic nitrogens is 3. The second kappa shape index (κ2) is 26.1. The highest BCUT2D eigenvalue weighted by molar-refractivity contribution is 5.60. The average Bonchev–Trinajstić information content (AvgIpc) is 3.02. The Labute approximate surface area is 255 Å². The van der Waals surface area contributed by atoms with Gasteiger partial charge in [0, 0.05) is 60.4 Å². The van der Waals surface area contributed by atoms with Gasteiger partial charge in [-0.2, -0.15) is 4.39 Å². The van der Waals surface area contributed by atoms with E-state index in [0.717, 1.165) is 57.3 Å². The molecule has 3 rings (SSSR count). The molecule has 0 bridgehead atoms. The summed E-state index contributed by atoms with van der Waals surface area (Å²) in [6.07, 6.45) is 6.97. The summed E-state index contributed by atoms with van der Waals surface area (Å²) in [5.74, 6) is -1.25. The van der Waals surface area contributed by atoms with E-state index in [1.54, 1.807) is 39.7 Å². The minimum Gasteiger partial charge on any atom is -0.385 e. The van der Waals surface area contributed by atoms with Gasteiger partial charge in [0.1, 0.15) is 23.9 Å². The molecular weight excluding hydrogens is 581 g/mol. The minimum absolute atomic E-state index is 0.144. The van der Waals surface area contributed by atoms with E-state index in [2.05, 4.69) is 25.6 Å². The zero-order valence-corrected chi connectivity index (χ0v) is 25.2. The minimum atomic E-state index is -0.910. The molecule has 0 saturated carbocycles. The van der Waals surface area contributed by atoms with Gasteiger partial charge in [0.15, 0.2) is 0 Å². The van der Waals surface area contributed by atoms with Gasteiger partial charge in [-0.3, -0.25) is 0 Å². The largest absolute Gasteiger partial charge is 0.399 e. The van der Waals surface area contributed by atoms with Crippen molar-refractivity contribution < 1.29 is 28.4 Å². The lowest BCUT2D eigenvalue weighted by molar-refractivity contribution is -0.392. The smallest absolute Gasteiger partial charge is 0.385 e. The SMILES string of the molecule is COCCCN.COCCCNc1cccnc1N.COCCCNc1cccnc1[N+](=O)[O-].O=[N+]([O-])c1ncccc1F. The van der Waals surface area contributed by atoms with Crippen molar-refractivity contribution >= 4 is 28.8 Å². The quantitative estimate of drug-likeness (QED) is 0.108. The van der Waals surface area contributed by atoms with Gasteiger partial charge in [-0.25, -0.2) is 4.98 Å². The highest BCUT2D eigenvalue weighted by Gasteiger charge is 2.13. The summed E-state index contributed by atoms with van der Waals surface area (Å²) in [5.41, 5.74) is 12.1. The number of nitrogen functional groups attached to an aromatic ring is 1. The van der Waals surface area contributed by atoms with Gasteiger partial charge >= 0.3 is 11.6 Å². The molecule has 44 heavy (non-hydrogen) atoms. The molecule has 0 saturated heterocycles. The molecule has 3 aromatic rings. The first-order valence-electron chi connectivity index (χ1n) is 13.4. The van der Waals surface area contributed by atoms with Crippen LogP contribution in [0.1, 0.15) is 19.3 Å². The maximum atomic E-state index is 12.3. The monoisotopic (exact) mass is 623 g/mol. The van der Waals surface area contributed by atoms with Crippen molar-refractivity contribution in [2.24, 2.45) is 5.73 Å². The Bertz CT molecular complexity index is 1190. The molecule has 244 valence electrons. The highest BCUT2D eigenvalue weighted by atomic mass is 19.1. The van der Waals surface area contributed by atoms with Crippen molar-refractivity contribution in [2.75, 3.05) is 77.2 Å². The number of methoxy groups -OCH3 is 3. The molecule has 3 heterocycles. The number of halogens is 1. The third kappa shape index (κ3) is 18.8. The van der Waals surface area contributed by atoms with Crippen LogP contribution in [-0.4, -0.2) is 85.6 Å². The van der Waals surface area contributed by atoms with E-state index < -0.39 is 21.5 Å². The summed E-state index contributed by atoms with van der Waals surface area (Å²) in [6.45, 7) is 4.38. The van der Waals surface area contributed by atoms with Gasteiger partial charge in [0.25, 0.3) is 0 Å². The van der Waals surface area contributed by atoms with Gasteiger partial charge in [-0.05, 0) is 82.0 Å². The summed E-state index contributed by atoms with van der Waals surface area (Å²) in [4.78, 5) is 30.0. The number of rotatable bonds is 15. The van der Waals surface area contributed by atoms with Gasteiger partial charge in [0.2, 0.25) is 5.82 Å². The Morgan fingerprint density at radius 2 is 1.20 bits per heavy atom. The van der Waals surface area contributed by atoms with Crippen LogP contribution in [0.15, 0.2) is 55.0 Å². The summed E-state index contributed by atoms with van der Waals surface area (Å²) >= 11 is 0. The van der Waals surface area contributed by atoms with E-state index in [-0.39, 0.29) is 5.82 Å². The molecule has 17 heteroatoms. The van der Waals surface area contributed by atoms with Crippen molar-refractivity contribution in [1.29, 1.82) is 0 Å². The highest BCUT2D eigenvalue weighted by Crippen LogP contribution is 2.19. The third-order valence-electron chi connectivity index (χ3n) is 4.94. The average molecular weight is 624 g/mol. The summed E-state index contributed by atoms with van der Waals surface area (Å²) in [5, 5.41) is 26.6. The van der Waals surface area contributed by atoms with Crippen molar-refractivity contribution in [2.45, 2.75) is 19.3 Å². The van der Waals surface area contributed by atoms with Crippen molar-refractivity contribution in [3.05, 3.63) is 81.0 Å². The van der Waals surface area contributed by atoms with Crippen LogP contribution in [0.3, 0.4) is 0 Å². The lowest BCUT2D eigenvalue weighted by atomic mass is 10.3. The zero-order chi connectivity index (χ0) is 33.0. The van der Waals surface area contributed by atoms with E-state index in [1.165, 1.54) is 18.5 Å². The molecule has 0 fully saturated rings. The normalized spacial score (nSPS) is 9.66. The lowest BCUT2D eigenvalue weighted by Gasteiger charge is -2.07. The number of nitrogens with two attached hydrogens (primary N) is 2. The van der Waals surface area contributed by atoms with Crippen LogP contribution in [0.5, 0.6) is 0 Å². The molecule has 0 aliphatic heterocycles. The fraction of sp³-hybridized carbons (Fsp3) is 0.444. The van der Waals surface area contributed by atoms with Gasteiger partial charge < -0.3 is 56.5 Å². The predicted molar refractivity (Wildman–Crippen MR) is 166 cm³/mol. The molecule has 0 unspecified atom stereocenters. The van der Waals surface area contributed by atoms with Crippen LogP contribution in [0.4, 0.5) is 33.2 Å². The van der Waals surface area contributed by atoms with Crippen LogP contribution in [0.25, 0.3) is 0 Å². The predicted octanol–water partition coefficient (Wildman–Crippen LogP) is 3.66. The van der Waals surface area contributed by atoms with E-state index in [0.29, 0.717) is 24.7 Å². The number of ether oxygens (including phenoxy) is 3. The maximum Gasteiger partial charge on any atom is 0.399 e. The molecule has 0 aliphatic rings. The van der Waals surface area contributed by atoms with Gasteiger partial charge in [-0.1, -0.05) is 0 Å². The number of nitro groups is 2. The molecule has 6 N–H and O–H groups in total. The van der Waals surface area contributed by atoms with Crippen molar-refractivity contribution in [3.8, 4) is 0 Å². The van der Waals surface area contributed by atoms with Gasteiger partial charge in [0.05, 0.1) is 5.69 Å². The van der Waals surface area contributed by atoms with Crippen LogP contribution < -0.4 is 22.1 Å². The molecule has 0 radical (unpaired) electrons. The molecule has 0 aromatic carbocycles. The summed E-state index contributed by atoms with van der Waals surface area (Å²) in [7, 11) is 4.99. The first kappa shape index (κ1) is 39.4.